The topological polar surface area (TPSA) is 77.4 Å². The highest BCUT2D eigenvalue weighted by Gasteiger charge is 2.23. The van der Waals surface area contributed by atoms with Gasteiger partial charge in [-0.05, 0) is 53.1 Å². The summed E-state index contributed by atoms with van der Waals surface area (Å²) in [5, 5.41) is 19.7. The summed E-state index contributed by atoms with van der Waals surface area (Å²) in [6.07, 6.45) is 3.91. The fraction of sp³-hybridized carbons (Fsp3) is 0.231. The first-order chi connectivity index (χ1) is 15.4. The molecule has 0 aromatic heterocycles. The second-order valence-corrected chi connectivity index (χ2v) is 7.26. The second kappa shape index (κ2) is 10.0. The number of ether oxygens (including phenoxy) is 4. The molecule has 0 bridgehead atoms. The largest absolute Gasteiger partial charge is 0.508 e. The Balaban J connectivity index is 2.04. The Morgan fingerprint density at radius 1 is 0.656 bits per heavy atom. The van der Waals surface area contributed by atoms with Crippen molar-refractivity contribution in [1.29, 1.82) is 0 Å². The third-order valence-corrected chi connectivity index (χ3v) is 5.36. The molecular weight excluding hydrogens is 408 g/mol. The van der Waals surface area contributed by atoms with Gasteiger partial charge in [-0.15, -0.1) is 0 Å². The average Bonchev–Trinajstić information content (AvgIpc) is 2.82. The summed E-state index contributed by atoms with van der Waals surface area (Å²) in [5.41, 5.74) is 3.61. The van der Waals surface area contributed by atoms with Crippen LogP contribution in [-0.2, 0) is 0 Å². The van der Waals surface area contributed by atoms with Crippen molar-refractivity contribution in [3.63, 3.8) is 0 Å². The van der Waals surface area contributed by atoms with E-state index in [2.05, 4.69) is 0 Å². The highest BCUT2D eigenvalue weighted by atomic mass is 16.5. The zero-order valence-electron chi connectivity index (χ0n) is 18.9. The Labute approximate surface area is 188 Å². The van der Waals surface area contributed by atoms with E-state index >= 15 is 0 Å². The summed E-state index contributed by atoms with van der Waals surface area (Å²) < 4.78 is 22.1. The van der Waals surface area contributed by atoms with Crippen molar-refractivity contribution in [1.82, 2.24) is 0 Å². The zero-order chi connectivity index (χ0) is 23.3. The lowest BCUT2D eigenvalue weighted by molar-refractivity contribution is 0.338. The predicted octanol–water partition coefficient (Wildman–Crippen LogP) is 5.45. The normalized spacial score (nSPS) is 11.9. The van der Waals surface area contributed by atoms with E-state index in [-0.39, 0.29) is 17.4 Å². The highest BCUT2D eigenvalue weighted by molar-refractivity contribution is 5.72. The van der Waals surface area contributed by atoms with E-state index in [0.29, 0.717) is 23.0 Å². The van der Waals surface area contributed by atoms with Gasteiger partial charge in [0.25, 0.3) is 0 Å². The van der Waals surface area contributed by atoms with Gasteiger partial charge in [-0.2, -0.15) is 0 Å². The van der Waals surface area contributed by atoms with Crippen molar-refractivity contribution >= 4 is 12.2 Å². The van der Waals surface area contributed by atoms with E-state index < -0.39 is 0 Å². The van der Waals surface area contributed by atoms with Crippen molar-refractivity contribution < 1.29 is 29.2 Å². The molecule has 168 valence electrons. The van der Waals surface area contributed by atoms with Gasteiger partial charge in [-0.1, -0.05) is 31.2 Å². The van der Waals surface area contributed by atoms with E-state index in [9.17, 15) is 10.2 Å². The molecule has 0 saturated heterocycles. The Bertz CT molecular complexity index is 1050. The molecule has 0 heterocycles. The Kier molecular flexibility index (Phi) is 7.15. The fourth-order valence-corrected chi connectivity index (χ4v) is 3.59. The number of aromatic hydroxyl groups is 2. The van der Waals surface area contributed by atoms with E-state index in [4.69, 9.17) is 18.9 Å². The van der Waals surface area contributed by atoms with Gasteiger partial charge >= 0.3 is 0 Å². The van der Waals surface area contributed by atoms with Crippen LogP contribution in [0.2, 0.25) is 0 Å². The van der Waals surface area contributed by atoms with Crippen LogP contribution in [0.1, 0.15) is 35.1 Å². The molecule has 3 aromatic carbocycles. The van der Waals surface area contributed by atoms with Crippen LogP contribution in [0.5, 0.6) is 34.5 Å². The van der Waals surface area contributed by atoms with Gasteiger partial charge in [0, 0.05) is 11.5 Å². The molecule has 3 aromatic rings. The molecule has 0 amide bonds. The van der Waals surface area contributed by atoms with Crippen molar-refractivity contribution in [3.05, 3.63) is 70.8 Å². The van der Waals surface area contributed by atoms with Gasteiger partial charge in [0.15, 0.2) is 11.5 Å². The molecule has 0 aliphatic rings. The summed E-state index contributed by atoms with van der Waals surface area (Å²) in [6.45, 7) is 2.03. The Morgan fingerprint density at radius 2 is 1.12 bits per heavy atom. The van der Waals surface area contributed by atoms with Crippen LogP contribution in [0.15, 0.2) is 48.5 Å². The third-order valence-electron chi connectivity index (χ3n) is 5.36. The monoisotopic (exact) mass is 436 g/mol. The number of phenols is 2. The molecule has 3 rings (SSSR count). The number of hydrogen-bond acceptors (Lipinski definition) is 6. The maximum absolute atomic E-state index is 10.3. The van der Waals surface area contributed by atoms with E-state index in [0.717, 1.165) is 22.3 Å². The molecule has 0 spiro atoms. The molecule has 6 heteroatoms. The van der Waals surface area contributed by atoms with Crippen LogP contribution in [0.25, 0.3) is 12.2 Å². The van der Waals surface area contributed by atoms with E-state index in [1.165, 1.54) is 14.2 Å². The summed E-state index contributed by atoms with van der Waals surface area (Å²) in [4.78, 5) is 0. The van der Waals surface area contributed by atoms with Gasteiger partial charge in [0.05, 0.1) is 28.4 Å². The SMILES string of the molecule is COc1cc(C(C)c2c(OC)cc(C=Cc3ccc(O)cc3)cc2OC)cc(OC)c1O. The molecule has 32 heavy (non-hydrogen) atoms. The average molecular weight is 437 g/mol. The van der Waals surface area contributed by atoms with Crippen molar-refractivity contribution in [2.75, 3.05) is 28.4 Å². The molecule has 1 unspecified atom stereocenters. The lowest BCUT2D eigenvalue weighted by Crippen LogP contribution is -2.04. The number of methoxy groups -OCH3 is 4. The fourth-order valence-electron chi connectivity index (χ4n) is 3.59. The molecule has 0 aliphatic carbocycles. The zero-order valence-corrected chi connectivity index (χ0v) is 18.9. The smallest absolute Gasteiger partial charge is 0.200 e. The molecule has 0 aliphatic heterocycles. The van der Waals surface area contributed by atoms with Crippen LogP contribution >= 0.6 is 0 Å². The van der Waals surface area contributed by atoms with Crippen molar-refractivity contribution in [2.24, 2.45) is 0 Å². The van der Waals surface area contributed by atoms with Crippen LogP contribution in [0.4, 0.5) is 0 Å². The number of hydrogen-bond donors (Lipinski definition) is 2. The molecule has 2 N–H and O–H groups in total. The highest BCUT2D eigenvalue weighted by Crippen LogP contribution is 2.44. The minimum Gasteiger partial charge on any atom is -0.508 e. The first kappa shape index (κ1) is 22.9. The van der Waals surface area contributed by atoms with Crippen LogP contribution in [0.3, 0.4) is 0 Å². The number of phenolic OH excluding ortho intramolecular Hbond substituents is 2. The predicted molar refractivity (Wildman–Crippen MR) is 125 cm³/mol. The van der Waals surface area contributed by atoms with E-state index in [1.54, 1.807) is 38.5 Å². The van der Waals surface area contributed by atoms with Crippen LogP contribution in [-0.4, -0.2) is 38.7 Å². The molecule has 0 saturated carbocycles. The molecule has 1 atom stereocenters. The van der Waals surface area contributed by atoms with Gasteiger partial charge in [-0.25, -0.2) is 0 Å². The summed E-state index contributed by atoms with van der Waals surface area (Å²) in [7, 11) is 6.24. The van der Waals surface area contributed by atoms with Crippen molar-refractivity contribution in [3.8, 4) is 34.5 Å². The maximum Gasteiger partial charge on any atom is 0.200 e. The second-order valence-electron chi connectivity index (χ2n) is 7.26. The van der Waals surface area contributed by atoms with Gasteiger partial charge in [0.2, 0.25) is 5.75 Å². The maximum atomic E-state index is 10.3. The third kappa shape index (κ3) is 4.75. The molecular formula is C26H28O6. The summed E-state index contributed by atoms with van der Waals surface area (Å²) in [5.74, 6) is 2.06. The number of benzene rings is 3. The Morgan fingerprint density at radius 3 is 1.59 bits per heavy atom. The first-order valence-corrected chi connectivity index (χ1v) is 10.1. The lowest BCUT2D eigenvalue weighted by Gasteiger charge is -2.21. The standard InChI is InChI=1S/C26H28O6/c1-16(19-14-23(31-4)26(28)24(15-19)32-5)25-21(29-2)12-18(13-22(25)30-3)7-6-17-8-10-20(27)11-9-17/h6-16,27-28H,1-5H3. The molecule has 6 nitrogen and oxygen atoms in total. The van der Waals surface area contributed by atoms with Crippen LogP contribution in [0, 0.1) is 0 Å². The number of rotatable bonds is 8. The minimum absolute atomic E-state index is 0.0420. The molecule has 0 radical (unpaired) electrons. The Hall–Kier alpha value is -3.80. The van der Waals surface area contributed by atoms with Gasteiger partial charge in [0.1, 0.15) is 17.2 Å². The summed E-state index contributed by atoms with van der Waals surface area (Å²) >= 11 is 0. The van der Waals surface area contributed by atoms with Gasteiger partial charge < -0.3 is 29.2 Å². The summed E-state index contributed by atoms with van der Waals surface area (Å²) in [6, 6.07) is 14.4. The van der Waals surface area contributed by atoms with E-state index in [1.807, 2.05) is 43.3 Å². The lowest BCUT2D eigenvalue weighted by atomic mass is 9.90. The minimum atomic E-state index is -0.140. The quantitative estimate of drug-likeness (QED) is 0.457. The molecule has 0 fully saturated rings. The first-order valence-electron chi connectivity index (χ1n) is 10.1. The van der Waals surface area contributed by atoms with Gasteiger partial charge in [-0.3, -0.25) is 0 Å². The van der Waals surface area contributed by atoms with Crippen LogP contribution < -0.4 is 18.9 Å². The van der Waals surface area contributed by atoms with Crippen molar-refractivity contribution in [2.45, 2.75) is 12.8 Å².